The van der Waals surface area contributed by atoms with Gasteiger partial charge < -0.3 is 14.6 Å². The van der Waals surface area contributed by atoms with E-state index < -0.39 is 18.4 Å². The van der Waals surface area contributed by atoms with E-state index >= 15 is 0 Å². The maximum absolute atomic E-state index is 9.67. The smallest absolute Gasteiger partial charge is 0.167 e. The minimum absolute atomic E-state index is 0.109. The number of hydrogen-bond donors (Lipinski definition) is 1. The molecule has 0 aromatic carbocycles. The van der Waals surface area contributed by atoms with E-state index in [9.17, 15) is 5.11 Å². The Labute approximate surface area is 75.1 Å². The van der Waals surface area contributed by atoms with Crippen LogP contribution in [0.1, 0.15) is 6.92 Å². The van der Waals surface area contributed by atoms with Gasteiger partial charge >= 0.3 is 0 Å². The van der Waals surface area contributed by atoms with Gasteiger partial charge in [-0.15, -0.1) is 0 Å². The lowest BCUT2D eigenvalue weighted by atomic mass is 9.91. The van der Waals surface area contributed by atoms with Gasteiger partial charge in [0.05, 0.1) is 18.8 Å². The van der Waals surface area contributed by atoms with E-state index in [0.717, 1.165) is 0 Å². The highest BCUT2D eigenvalue weighted by Gasteiger charge is 2.47. The lowest BCUT2D eigenvalue weighted by Crippen LogP contribution is -2.47. The van der Waals surface area contributed by atoms with Gasteiger partial charge in [0, 0.05) is 4.91 Å². The number of azide groups is 1. The van der Waals surface area contributed by atoms with Crippen molar-refractivity contribution in [2.45, 2.75) is 31.5 Å². The maximum Gasteiger partial charge on any atom is 0.167 e. The lowest BCUT2D eigenvalue weighted by molar-refractivity contribution is -0.152. The summed E-state index contributed by atoms with van der Waals surface area (Å²) < 4.78 is 10.5. The van der Waals surface area contributed by atoms with E-state index in [1.165, 1.54) is 0 Å². The first-order valence-electron chi connectivity index (χ1n) is 4.23. The Kier molecular flexibility index (Phi) is 2.13. The molecule has 6 heteroatoms. The fraction of sp³-hybridized carbons (Fsp3) is 1.00. The van der Waals surface area contributed by atoms with Crippen molar-refractivity contribution in [1.82, 2.24) is 0 Å². The van der Waals surface area contributed by atoms with Gasteiger partial charge in [0.25, 0.3) is 0 Å². The molecule has 2 aliphatic rings. The molecule has 6 nitrogen and oxygen atoms in total. The zero-order valence-electron chi connectivity index (χ0n) is 7.20. The van der Waals surface area contributed by atoms with Crippen LogP contribution in [-0.2, 0) is 9.47 Å². The molecule has 1 N–H and O–H groups in total. The molecule has 0 amide bonds. The first kappa shape index (κ1) is 8.77. The number of nitrogens with zero attached hydrogens (tertiary/aromatic N) is 3. The van der Waals surface area contributed by atoms with Gasteiger partial charge in [0.2, 0.25) is 0 Å². The molecule has 0 aromatic rings. The zero-order chi connectivity index (χ0) is 9.42. The lowest BCUT2D eigenvalue weighted by Gasteiger charge is -2.34. The molecule has 13 heavy (non-hydrogen) atoms. The topological polar surface area (TPSA) is 87.5 Å². The monoisotopic (exact) mass is 185 g/mol. The SMILES string of the molecule is C[C@@H]1C(N=[N+]=[N-])[C@@H]2OCC(O2)[C@H]1O. The fourth-order valence-corrected chi connectivity index (χ4v) is 1.81. The second kappa shape index (κ2) is 3.16. The van der Waals surface area contributed by atoms with Crippen LogP contribution in [0.25, 0.3) is 10.4 Å². The van der Waals surface area contributed by atoms with E-state index in [4.69, 9.17) is 15.0 Å². The minimum atomic E-state index is -0.603. The first-order chi connectivity index (χ1) is 6.24. The van der Waals surface area contributed by atoms with Crippen LogP contribution in [0.2, 0.25) is 0 Å². The summed E-state index contributed by atoms with van der Waals surface area (Å²) in [6.45, 7) is 2.22. The Hall–Kier alpha value is -0.810. The van der Waals surface area contributed by atoms with E-state index in [1.54, 1.807) is 0 Å². The Morgan fingerprint density at radius 3 is 3.08 bits per heavy atom. The molecule has 72 valence electrons. The first-order valence-corrected chi connectivity index (χ1v) is 4.23. The molecule has 2 saturated heterocycles. The summed E-state index contributed by atoms with van der Waals surface area (Å²) >= 11 is 0. The number of ether oxygens (including phenoxy) is 2. The molecule has 2 aliphatic heterocycles. The van der Waals surface area contributed by atoms with Gasteiger partial charge in [-0.2, -0.15) is 0 Å². The molecular formula is C7H11N3O3. The van der Waals surface area contributed by atoms with Crippen molar-refractivity contribution in [2.24, 2.45) is 11.0 Å². The molecule has 2 heterocycles. The molecule has 2 unspecified atom stereocenters. The normalized spacial score (nSPS) is 48.6. The van der Waals surface area contributed by atoms with E-state index in [1.807, 2.05) is 6.92 Å². The van der Waals surface area contributed by atoms with Crippen LogP contribution in [0.15, 0.2) is 5.11 Å². The molecule has 0 aromatic heterocycles. The highest BCUT2D eigenvalue weighted by molar-refractivity contribution is 4.94. The molecule has 5 atom stereocenters. The summed E-state index contributed by atoms with van der Waals surface area (Å²) in [7, 11) is 0. The Morgan fingerprint density at radius 2 is 2.38 bits per heavy atom. The summed E-state index contributed by atoms with van der Waals surface area (Å²) in [6.07, 6.45) is -1.33. The van der Waals surface area contributed by atoms with Gasteiger partial charge in [-0.1, -0.05) is 12.0 Å². The van der Waals surface area contributed by atoms with Crippen molar-refractivity contribution in [2.75, 3.05) is 6.61 Å². The largest absolute Gasteiger partial charge is 0.390 e. The van der Waals surface area contributed by atoms with Gasteiger partial charge in [-0.25, -0.2) is 0 Å². The average Bonchev–Trinajstić information content (AvgIpc) is 2.56. The quantitative estimate of drug-likeness (QED) is 0.364. The number of rotatable bonds is 1. The second-order valence-corrected chi connectivity index (χ2v) is 3.42. The third-order valence-electron chi connectivity index (χ3n) is 2.66. The molecule has 0 radical (unpaired) electrons. The van der Waals surface area contributed by atoms with Gasteiger partial charge in [-0.05, 0) is 11.4 Å². The molecule has 0 aliphatic carbocycles. The average molecular weight is 185 g/mol. The summed E-state index contributed by atoms with van der Waals surface area (Å²) in [5.74, 6) is -0.109. The highest BCUT2D eigenvalue weighted by atomic mass is 16.7. The van der Waals surface area contributed by atoms with Crippen LogP contribution in [-0.4, -0.2) is 36.3 Å². The predicted octanol–water partition coefficient (Wildman–Crippen LogP) is 0.417. The number of hydrogen-bond acceptors (Lipinski definition) is 4. The van der Waals surface area contributed by atoms with E-state index in [2.05, 4.69) is 10.0 Å². The standard InChI is InChI=1S/C7H11N3O3/c1-3-5(9-10-8)7-12-2-4(13-7)6(3)11/h3-7,11H,2H2,1H3/t3-,4?,5?,6+,7-/m1/s1. The minimum Gasteiger partial charge on any atom is -0.390 e. The maximum atomic E-state index is 9.67. The molecule has 0 spiro atoms. The third kappa shape index (κ3) is 1.28. The van der Waals surface area contributed by atoms with Crippen LogP contribution in [0.3, 0.4) is 0 Å². The van der Waals surface area contributed by atoms with Crippen molar-refractivity contribution in [3.8, 4) is 0 Å². The van der Waals surface area contributed by atoms with E-state index in [-0.39, 0.29) is 12.0 Å². The van der Waals surface area contributed by atoms with Crippen molar-refractivity contribution in [1.29, 1.82) is 0 Å². The molecule has 2 bridgehead atoms. The second-order valence-electron chi connectivity index (χ2n) is 3.42. The third-order valence-corrected chi connectivity index (χ3v) is 2.66. The van der Waals surface area contributed by atoms with Crippen LogP contribution in [0, 0.1) is 5.92 Å². The zero-order valence-corrected chi connectivity index (χ0v) is 7.20. The Balaban J connectivity index is 2.21. The molecular weight excluding hydrogens is 174 g/mol. The van der Waals surface area contributed by atoms with Crippen LogP contribution < -0.4 is 0 Å². The summed E-state index contributed by atoms with van der Waals surface area (Å²) in [4.78, 5) is 2.71. The van der Waals surface area contributed by atoms with Crippen LogP contribution in [0.4, 0.5) is 0 Å². The van der Waals surface area contributed by atoms with Gasteiger partial charge in [0.1, 0.15) is 6.10 Å². The van der Waals surface area contributed by atoms with Gasteiger partial charge in [-0.3, -0.25) is 0 Å². The van der Waals surface area contributed by atoms with Crippen molar-refractivity contribution in [3.05, 3.63) is 10.4 Å². The van der Waals surface area contributed by atoms with Crippen LogP contribution in [0.5, 0.6) is 0 Å². The molecule has 2 fully saturated rings. The number of fused-ring (bicyclic) bond motifs is 2. The van der Waals surface area contributed by atoms with Gasteiger partial charge in [0.15, 0.2) is 6.29 Å². The van der Waals surface area contributed by atoms with E-state index in [0.29, 0.717) is 6.61 Å². The molecule has 0 saturated carbocycles. The van der Waals surface area contributed by atoms with Crippen LogP contribution >= 0.6 is 0 Å². The van der Waals surface area contributed by atoms with Crippen molar-refractivity contribution in [3.63, 3.8) is 0 Å². The van der Waals surface area contributed by atoms with Crippen molar-refractivity contribution >= 4 is 0 Å². The molecule has 2 rings (SSSR count). The van der Waals surface area contributed by atoms with Crippen molar-refractivity contribution < 1.29 is 14.6 Å². The Morgan fingerprint density at radius 1 is 1.62 bits per heavy atom. The Bertz CT molecular complexity index is 253. The number of aliphatic hydroxyl groups excluding tert-OH is 1. The summed E-state index contributed by atoms with van der Waals surface area (Å²) in [5, 5.41) is 13.2. The number of aliphatic hydroxyl groups is 1. The summed E-state index contributed by atoms with van der Waals surface area (Å²) in [5.41, 5.74) is 8.32. The predicted molar refractivity (Wildman–Crippen MR) is 42.7 cm³/mol. The highest BCUT2D eigenvalue weighted by Crippen LogP contribution is 2.33. The fourth-order valence-electron chi connectivity index (χ4n) is 1.81. The summed E-state index contributed by atoms with van der Waals surface area (Å²) in [6, 6.07) is -0.418.